The first-order valence-electron chi connectivity index (χ1n) is 8.86. The van der Waals surface area contributed by atoms with Crippen molar-refractivity contribution in [2.45, 2.75) is 63.5 Å². The number of benzene rings is 1. The Morgan fingerprint density at radius 3 is 2.42 bits per heavy atom. The Hall–Kier alpha value is -0.950. The van der Waals surface area contributed by atoms with E-state index in [2.05, 4.69) is 4.72 Å². The van der Waals surface area contributed by atoms with Crippen LogP contribution in [0.5, 0.6) is 0 Å². The van der Waals surface area contributed by atoms with Gasteiger partial charge in [-0.15, -0.1) is 0 Å². The van der Waals surface area contributed by atoms with Crippen molar-refractivity contribution in [2.75, 3.05) is 13.6 Å². The molecule has 0 bridgehead atoms. The molecule has 1 fully saturated rings. The van der Waals surface area contributed by atoms with Crippen LogP contribution in [0, 0.1) is 0 Å². The molecule has 1 aliphatic carbocycles. The molecule has 2 rings (SSSR count). The summed E-state index contributed by atoms with van der Waals surface area (Å²) in [4.78, 5) is 0. The molecule has 1 aliphatic rings. The summed E-state index contributed by atoms with van der Waals surface area (Å²) in [5.41, 5.74) is 1.04. The SMILES string of the molecule is C[C@@H](O)C[C@H](CNS(=O)(=O)N(C)C1CCCCC1)c1ccccc1. The average molecular weight is 355 g/mol. The van der Waals surface area contributed by atoms with Gasteiger partial charge in [0.25, 0.3) is 10.2 Å². The number of hydrogen-bond donors (Lipinski definition) is 2. The lowest BCUT2D eigenvalue weighted by molar-refractivity contribution is 0.174. The third-order valence-electron chi connectivity index (χ3n) is 4.88. The molecule has 0 aliphatic heterocycles. The van der Waals surface area contributed by atoms with Crippen molar-refractivity contribution in [3.05, 3.63) is 35.9 Å². The summed E-state index contributed by atoms with van der Waals surface area (Å²) in [6.45, 7) is 2.03. The van der Waals surface area contributed by atoms with Crippen LogP contribution in [0.2, 0.25) is 0 Å². The van der Waals surface area contributed by atoms with E-state index in [0.717, 1.165) is 31.2 Å². The van der Waals surface area contributed by atoms with Gasteiger partial charge in [-0.05, 0) is 37.7 Å². The Morgan fingerprint density at radius 1 is 1.21 bits per heavy atom. The maximum absolute atomic E-state index is 12.6. The van der Waals surface area contributed by atoms with E-state index < -0.39 is 16.3 Å². The first-order chi connectivity index (χ1) is 11.4. The molecule has 0 spiro atoms. The molecule has 1 aromatic rings. The molecule has 0 amide bonds. The molecule has 1 aromatic carbocycles. The van der Waals surface area contributed by atoms with Crippen molar-refractivity contribution in [1.29, 1.82) is 0 Å². The number of hydrogen-bond acceptors (Lipinski definition) is 3. The topological polar surface area (TPSA) is 69.6 Å². The van der Waals surface area contributed by atoms with E-state index >= 15 is 0 Å². The highest BCUT2D eigenvalue weighted by Crippen LogP contribution is 2.24. The summed E-state index contributed by atoms with van der Waals surface area (Å²) >= 11 is 0. The van der Waals surface area contributed by atoms with Crippen LogP contribution in [0.15, 0.2) is 30.3 Å². The maximum atomic E-state index is 12.6. The van der Waals surface area contributed by atoms with Crippen molar-refractivity contribution < 1.29 is 13.5 Å². The van der Waals surface area contributed by atoms with Crippen molar-refractivity contribution in [2.24, 2.45) is 0 Å². The Kier molecular flexibility index (Phi) is 7.22. The second-order valence-corrected chi connectivity index (χ2v) is 8.67. The fourth-order valence-corrected chi connectivity index (χ4v) is 4.64. The van der Waals surface area contributed by atoms with Crippen LogP contribution in [0.25, 0.3) is 0 Å². The van der Waals surface area contributed by atoms with Crippen LogP contribution >= 0.6 is 0 Å². The predicted octanol–water partition coefficient (Wildman–Crippen LogP) is 2.64. The lowest BCUT2D eigenvalue weighted by Crippen LogP contribution is -2.46. The van der Waals surface area contributed by atoms with Crippen LogP contribution in [0.1, 0.15) is 56.9 Å². The van der Waals surface area contributed by atoms with Crippen molar-refractivity contribution in [3.63, 3.8) is 0 Å². The standard InChI is InChI=1S/C18H30N2O3S/c1-15(21)13-17(16-9-5-3-6-10-16)14-19-24(22,23)20(2)18-11-7-4-8-12-18/h3,5-6,9-10,15,17-19,21H,4,7-8,11-14H2,1-2H3/t15-,17-/m1/s1. The number of aliphatic hydroxyl groups is 1. The van der Waals surface area contributed by atoms with E-state index in [0.29, 0.717) is 13.0 Å². The zero-order valence-corrected chi connectivity index (χ0v) is 15.5. The zero-order valence-electron chi connectivity index (χ0n) is 14.7. The quantitative estimate of drug-likeness (QED) is 0.754. The minimum Gasteiger partial charge on any atom is -0.393 e. The van der Waals surface area contributed by atoms with Crippen LogP contribution in [0.4, 0.5) is 0 Å². The highest BCUT2D eigenvalue weighted by atomic mass is 32.2. The van der Waals surface area contributed by atoms with Crippen LogP contribution in [-0.2, 0) is 10.2 Å². The van der Waals surface area contributed by atoms with Crippen molar-refractivity contribution in [1.82, 2.24) is 9.03 Å². The Bertz CT molecular complexity index is 584. The molecule has 1 saturated carbocycles. The largest absolute Gasteiger partial charge is 0.393 e. The van der Waals surface area contributed by atoms with E-state index in [1.54, 1.807) is 14.0 Å². The van der Waals surface area contributed by atoms with Crippen LogP contribution in [0.3, 0.4) is 0 Å². The minimum absolute atomic E-state index is 0.0410. The van der Waals surface area contributed by atoms with E-state index in [-0.39, 0.29) is 12.0 Å². The van der Waals surface area contributed by atoms with Gasteiger partial charge in [-0.1, -0.05) is 49.6 Å². The molecule has 0 unspecified atom stereocenters. The maximum Gasteiger partial charge on any atom is 0.279 e. The number of rotatable bonds is 8. The molecular weight excluding hydrogens is 324 g/mol. The molecular formula is C18H30N2O3S. The van der Waals surface area contributed by atoms with Crippen LogP contribution < -0.4 is 4.72 Å². The third kappa shape index (κ3) is 5.55. The van der Waals surface area contributed by atoms with E-state index in [1.807, 2.05) is 30.3 Å². The lowest BCUT2D eigenvalue weighted by Gasteiger charge is -2.31. The molecule has 5 nitrogen and oxygen atoms in total. The van der Waals surface area contributed by atoms with E-state index in [4.69, 9.17) is 0 Å². The van der Waals surface area contributed by atoms with Gasteiger partial charge in [-0.2, -0.15) is 12.7 Å². The molecule has 0 heterocycles. The van der Waals surface area contributed by atoms with Gasteiger partial charge < -0.3 is 5.11 Å². The molecule has 6 heteroatoms. The van der Waals surface area contributed by atoms with Gasteiger partial charge in [-0.3, -0.25) is 0 Å². The summed E-state index contributed by atoms with van der Waals surface area (Å²) in [5.74, 6) is -0.0410. The molecule has 2 N–H and O–H groups in total. The first-order valence-corrected chi connectivity index (χ1v) is 10.3. The summed E-state index contributed by atoms with van der Waals surface area (Å²) in [6.07, 6.45) is 5.32. The van der Waals surface area contributed by atoms with Gasteiger partial charge in [0, 0.05) is 19.6 Å². The Balaban J connectivity index is 2.01. The Labute approximate surface area is 146 Å². The molecule has 0 saturated heterocycles. The van der Waals surface area contributed by atoms with Gasteiger partial charge in [-0.25, -0.2) is 4.72 Å². The molecule has 136 valence electrons. The van der Waals surface area contributed by atoms with E-state index in [9.17, 15) is 13.5 Å². The summed E-state index contributed by atoms with van der Waals surface area (Å²) < 4.78 is 29.5. The predicted molar refractivity (Wildman–Crippen MR) is 97.0 cm³/mol. The normalized spacial score (nSPS) is 19.3. The molecule has 0 radical (unpaired) electrons. The second kappa shape index (κ2) is 8.94. The van der Waals surface area contributed by atoms with Gasteiger partial charge in [0.05, 0.1) is 6.10 Å². The van der Waals surface area contributed by atoms with Crippen molar-refractivity contribution >= 4 is 10.2 Å². The van der Waals surface area contributed by atoms with Gasteiger partial charge in [0.2, 0.25) is 0 Å². The van der Waals surface area contributed by atoms with Gasteiger partial charge in [0.1, 0.15) is 0 Å². The number of nitrogens with zero attached hydrogens (tertiary/aromatic N) is 1. The molecule has 2 atom stereocenters. The Morgan fingerprint density at radius 2 is 1.83 bits per heavy atom. The van der Waals surface area contributed by atoms with E-state index in [1.165, 1.54) is 10.7 Å². The fraction of sp³-hybridized carbons (Fsp3) is 0.667. The summed E-state index contributed by atoms with van der Waals surface area (Å²) in [5, 5.41) is 9.74. The van der Waals surface area contributed by atoms with Gasteiger partial charge in [0.15, 0.2) is 0 Å². The highest BCUT2D eigenvalue weighted by molar-refractivity contribution is 7.87. The average Bonchev–Trinajstić information content (AvgIpc) is 2.59. The number of aliphatic hydroxyl groups excluding tert-OH is 1. The van der Waals surface area contributed by atoms with Crippen molar-refractivity contribution in [3.8, 4) is 0 Å². The zero-order chi connectivity index (χ0) is 17.6. The summed E-state index contributed by atoms with van der Waals surface area (Å²) in [6, 6.07) is 9.87. The highest BCUT2D eigenvalue weighted by Gasteiger charge is 2.28. The molecule has 24 heavy (non-hydrogen) atoms. The molecule has 0 aromatic heterocycles. The minimum atomic E-state index is -3.50. The van der Waals surface area contributed by atoms with Crippen LogP contribution in [-0.4, -0.2) is 43.6 Å². The lowest BCUT2D eigenvalue weighted by atomic mass is 9.94. The summed E-state index contributed by atoms with van der Waals surface area (Å²) in [7, 11) is -1.83. The third-order valence-corrected chi connectivity index (χ3v) is 6.46. The smallest absolute Gasteiger partial charge is 0.279 e. The second-order valence-electron chi connectivity index (χ2n) is 6.85. The van der Waals surface area contributed by atoms with Gasteiger partial charge >= 0.3 is 0 Å². The monoisotopic (exact) mass is 354 g/mol. The fourth-order valence-electron chi connectivity index (χ4n) is 3.42. The number of nitrogens with one attached hydrogen (secondary N) is 1. The first kappa shape index (κ1) is 19.4.